The van der Waals surface area contributed by atoms with Crippen LogP contribution in [0.4, 0.5) is 26.2 Å². The van der Waals surface area contributed by atoms with Crippen molar-refractivity contribution in [2.45, 2.75) is 25.5 Å². The predicted octanol–water partition coefficient (Wildman–Crippen LogP) is 1.60. The maximum absolute atomic E-state index is 13.6. The average Bonchev–Trinajstić information content (AvgIpc) is 3.45. The second-order valence-electron chi connectivity index (χ2n) is 9.74. The standard InChI is InChI=1S/C26H32F2N8O2/c1-17-18(3-2-4-33-5-7-34(8-6-33)21-10-19(27)9-20(28)11-21)14-30-36(17)25-13-24(31-26(29)32-25)35-15-23(38)12-22(35)16-37/h2-3,9-11,13-14,22-23,37-38H,4-8,12,15-16H2,1H3,(H2,29,31,32)/b3-2+/t22-,23-/m0/s1. The lowest BCUT2D eigenvalue weighted by Crippen LogP contribution is -2.46. The van der Waals surface area contributed by atoms with Gasteiger partial charge in [-0.25, -0.2) is 13.5 Å². The SMILES string of the molecule is Cc1c(/C=C/CN2CCN(c3cc(F)cc(F)c3)CC2)cnn1-c1cc(N2C[C@@H](O)C[C@H]2CO)nc(N)n1. The van der Waals surface area contributed by atoms with Crippen LogP contribution in [0.5, 0.6) is 0 Å². The number of nitrogens with zero attached hydrogens (tertiary/aromatic N) is 7. The van der Waals surface area contributed by atoms with E-state index in [4.69, 9.17) is 5.73 Å². The topological polar surface area (TPSA) is 120 Å². The van der Waals surface area contributed by atoms with Crippen molar-refractivity contribution < 1.29 is 19.0 Å². The molecule has 2 fully saturated rings. The minimum absolute atomic E-state index is 0.0858. The Morgan fingerprint density at radius 3 is 2.47 bits per heavy atom. The van der Waals surface area contributed by atoms with Crippen molar-refractivity contribution in [1.29, 1.82) is 0 Å². The fourth-order valence-corrected chi connectivity index (χ4v) is 5.10. The van der Waals surface area contributed by atoms with Gasteiger partial charge < -0.3 is 25.7 Å². The third-order valence-corrected chi connectivity index (χ3v) is 7.12. The van der Waals surface area contributed by atoms with Gasteiger partial charge in [-0.3, -0.25) is 4.90 Å². The van der Waals surface area contributed by atoms with Gasteiger partial charge in [0, 0.05) is 62.7 Å². The Kier molecular flexibility index (Phi) is 7.54. The summed E-state index contributed by atoms with van der Waals surface area (Å²) in [4.78, 5) is 14.8. The molecule has 0 aliphatic carbocycles. The van der Waals surface area contributed by atoms with Crippen molar-refractivity contribution in [3.8, 4) is 5.82 Å². The number of aliphatic hydroxyl groups is 2. The van der Waals surface area contributed by atoms with Crippen LogP contribution in [0.3, 0.4) is 0 Å². The van der Waals surface area contributed by atoms with Crippen molar-refractivity contribution in [2.75, 3.05) is 61.4 Å². The summed E-state index contributed by atoms with van der Waals surface area (Å²) >= 11 is 0. The molecule has 2 atom stereocenters. The summed E-state index contributed by atoms with van der Waals surface area (Å²) in [5.74, 6) is 0.00301. The largest absolute Gasteiger partial charge is 0.394 e. The van der Waals surface area contributed by atoms with E-state index in [1.807, 2.05) is 22.8 Å². The van der Waals surface area contributed by atoms with Gasteiger partial charge in [-0.1, -0.05) is 12.2 Å². The van der Waals surface area contributed by atoms with E-state index >= 15 is 0 Å². The van der Waals surface area contributed by atoms with Crippen molar-refractivity contribution in [1.82, 2.24) is 24.6 Å². The Labute approximate surface area is 219 Å². The van der Waals surface area contributed by atoms with Gasteiger partial charge in [0.05, 0.1) is 30.6 Å². The van der Waals surface area contributed by atoms with Gasteiger partial charge in [0.15, 0.2) is 5.82 Å². The first kappa shape index (κ1) is 26.0. The maximum atomic E-state index is 13.6. The number of rotatable bonds is 7. The second-order valence-corrected chi connectivity index (χ2v) is 9.74. The Hall–Kier alpha value is -3.61. The van der Waals surface area contributed by atoms with Crippen LogP contribution in [0, 0.1) is 18.6 Å². The van der Waals surface area contributed by atoms with Crippen LogP contribution in [0.1, 0.15) is 17.7 Å². The Bertz CT molecular complexity index is 1290. The van der Waals surface area contributed by atoms with Gasteiger partial charge in [-0.2, -0.15) is 15.1 Å². The molecule has 4 N–H and O–H groups in total. The smallest absolute Gasteiger partial charge is 0.224 e. The van der Waals surface area contributed by atoms with E-state index in [1.165, 1.54) is 12.1 Å². The summed E-state index contributed by atoms with van der Waals surface area (Å²) in [7, 11) is 0. The maximum Gasteiger partial charge on any atom is 0.224 e. The number of aromatic nitrogens is 4. The molecule has 12 heteroatoms. The third kappa shape index (κ3) is 5.62. The molecule has 5 rings (SSSR count). The first-order valence-electron chi connectivity index (χ1n) is 12.7. The van der Waals surface area contributed by atoms with Gasteiger partial charge in [0.1, 0.15) is 17.5 Å². The van der Waals surface area contributed by atoms with E-state index < -0.39 is 17.7 Å². The molecule has 202 valence electrons. The lowest BCUT2D eigenvalue weighted by atomic mass is 10.2. The number of aliphatic hydroxyl groups excluding tert-OH is 2. The third-order valence-electron chi connectivity index (χ3n) is 7.12. The molecule has 10 nitrogen and oxygen atoms in total. The molecule has 2 aliphatic rings. The first-order chi connectivity index (χ1) is 18.3. The summed E-state index contributed by atoms with van der Waals surface area (Å²) in [6.07, 6.45) is 5.77. The zero-order valence-corrected chi connectivity index (χ0v) is 21.2. The fourth-order valence-electron chi connectivity index (χ4n) is 5.10. The molecule has 0 amide bonds. The average molecular weight is 527 g/mol. The lowest BCUT2D eigenvalue weighted by Gasteiger charge is -2.35. The minimum atomic E-state index is -0.564. The highest BCUT2D eigenvalue weighted by molar-refractivity contribution is 5.55. The number of anilines is 3. The van der Waals surface area contributed by atoms with Crippen LogP contribution in [0.25, 0.3) is 11.9 Å². The van der Waals surface area contributed by atoms with Crippen molar-refractivity contribution in [2.24, 2.45) is 0 Å². The molecule has 38 heavy (non-hydrogen) atoms. The van der Waals surface area contributed by atoms with Crippen LogP contribution in [0.15, 0.2) is 36.5 Å². The molecular formula is C26H32F2N8O2. The number of nitrogens with two attached hydrogens (primary N) is 1. The number of halogens is 2. The van der Waals surface area contributed by atoms with Gasteiger partial charge in [0.2, 0.25) is 5.95 Å². The number of piperazine rings is 1. The highest BCUT2D eigenvalue weighted by atomic mass is 19.1. The number of hydrogen-bond donors (Lipinski definition) is 3. The monoisotopic (exact) mass is 526 g/mol. The van der Waals surface area contributed by atoms with E-state index in [0.29, 0.717) is 43.4 Å². The van der Waals surface area contributed by atoms with Crippen LogP contribution in [-0.2, 0) is 0 Å². The van der Waals surface area contributed by atoms with Gasteiger partial charge >= 0.3 is 0 Å². The highest BCUT2D eigenvalue weighted by Crippen LogP contribution is 2.27. The number of β-amino-alcohol motifs (C(OH)–C–C–N with tert-alkyl or cyclic N) is 1. The Balaban J connectivity index is 1.22. The van der Waals surface area contributed by atoms with E-state index in [2.05, 4.69) is 26.0 Å². The van der Waals surface area contributed by atoms with Gasteiger partial charge in [-0.15, -0.1) is 0 Å². The van der Waals surface area contributed by atoms with Crippen LogP contribution < -0.4 is 15.5 Å². The summed E-state index contributed by atoms with van der Waals surface area (Å²) in [5.41, 5.74) is 8.37. The van der Waals surface area contributed by atoms with Gasteiger partial charge in [-0.05, 0) is 25.5 Å². The Morgan fingerprint density at radius 2 is 1.76 bits per heavy atom. The van der Waals surface area contributed by atoms with Crippen LogP contribution >= 0.6 is 0 Å². The summed E-state index contributed by atoms with van der Waals surface area (Å²) < 4.78 is 28.8. The van der Waals surface area contributed by atoms with Crippen molar-refractivity contribution >= 4 is 23.5 Å². The van der Waals surface area contributed by atoms with Crippen LogP contribution in [-0.4, -0.2) is 92.9 Å². The molecule has 3 aromatic rings. The predicted molar refractivity (Wildman–Crippen MR) is 141 cm³/mol. The molecule has 2 aliphatic heterocycles. The first-order valence-corrected chi connectivity index (χ1v) is 12.7. The quantitative estimate of drug-likeness (QED) is 0.422. The molecule has 4 heterocycles. The molecular weight excluding hydrogens is 494 g/mol. The van der Waals surface area contributed by atoms with Crippen LogP contribution in [0.2, 0.25) is 0 Å². The number of nitrogen functional groups attached to an aromatic ring is 1. The van der Waals surface area contributed by atoms with E-state index in [0.717, 1.165) is 37.0 Å². The molecule has 0 unspecified atom stereocenters. The molecule has 0 spiro atoms. The zero-order chi connectivity index (χ0) is 26.8. The number of hydrogen-bond acceptors (Lipinski definition) is 9. The second kappa shape index (κ2) is 11.0. The lowest BCUT2D eigenvalue weighted by molar-refractivity contribution is 0.184. The van der Waals surface area contributed by atoms with E-state index in [9.17, 15) is 19.0 Å². The minimum Gasteiger partial charge on any atom is -0.394 e. The van der Waals surface area contributed by atoms with Crippen molar-refractivity contribution in [3.63, 3.8) is 0 Å². The molecule has 2 saturated heterocycles. The molecule has 0 bridgehead atoms. The highest BCUT2D eigenvalue weighted by Gasteiger charge is 2.32. The number of benzene rings is 1. The summed E-state index contributed by atoms with van der Waals surface area (Å²) in [5, 5.41) is 24.2. The fraction of sp³-hybridized carbons (Fsp3) is 0.423. The van der Waals surface area contributed by atoms with E-state index in [-0.39, 0.29) is 18.6 Å². The molecule has 0 radical (unpaired) electrons. The summed E-state index contributed by atoms with van der Waals surface area (Å²) in [6.45, 7) is 5.89. The Morgan fingerprint density at radius 1 is 1.05 bits per heavy atom. The molecule has 2 aromatic heterocycles. The molecule has 0 saturated carbocycles. The molecule has 1 aromatic carbocycles. The van der Waals surface area contributed by atoms with Gasteiger partial charge in [0.25, 0.3) is 0 Å². The van der Waals surface area contributed by atoms with E-state index in [1.54, 1.807) is 16.9 Å². The zero-order valence-electron chi connectivity index (χ0n) is 21.2. The summed E-state index contributed by atoms with van der Waals surface area (Å²) in [6, 6.07) is 5.15. The normalized spacial score (nSPS) is 20.7. The van der Waals surface area contributed by atoms with Crippen molar-refractivity contribution in [3.05, 3.63) is 59.4 Å².